The van der Waals surface area contributed by atoms with E-state index in [0.717, 1.165) is 5.56 Å². The number of hydrogen-bond acceptors (Lipinski definition) is 3. The van der Waals surface area contributed by atoms with Crippen LogP contribution in [0, 0.1) is 0 Å². The van der Waals surface area contributed by atoms with Gasteiger partial charge in [-0.05, 0) is 47.4 Å². The van der Waals surface area contributed by atoms with Gasteiger partial charge in [0.2, 0.25) is 15.9 Å². The van der Waals surface area contributed by atoms with Gasteiger partial charge < -0.3 is 5.32 Å². The fraction of sp³-hybridized carbons (Fsp3) is 0.167. The minimum absolute atomic E-state index is 0.00119. The molecule has 2 aromatic carbocycles. The van der Waals surface area contributed by atoms with Crippen molar-refractivity contribution in [3.63, 3.8) is 0 Å². The molecule has 0 bridgehead atoms. The summed E-state index contributed by atoms with van der Waals surface area (Å²) in [6, 6.07) is 13.7. The number of nitrogens with one attached hydrogen (secondary N) is 1. The Balaban J connectivity index is 2.00. The van der Waals surface area contributed by atoms with Crippen LogP contribution in [-0.2, 0) is 14.8 Å². The molecular formula is C18H20N2O3S. The van der Waals surface area contributed by atoms with E-state index in [1.54, 1.807) is 6.08 Å². The summed E-state index contributed by atoms with van der Waals surface area (Å²) in [5.41, 5.74) is 2.66. The smallest absolute Gasteiger partial charge is 0.248 e. The van der Waals surface area contributed by atoms with Gasteiger partial charge in [-0.1, -0.05) is 38.1 Å². The van der Waals surface area contributed by atoms with Crippen LogP contribution >= 0.6 is 0 Å². The summed E-state index contributed by atoms with van der Waals surface area (Å²) in [6.07, 6.45) is 3.15. The molecule has 2 aromatic rings. The molecule has 0 unspecified atom stereocenters. The van der Waals surface area contributed by atoms with Crippen LogP contribution in [0.5, 0.6) is 0 Å². The zero-order valence-electron chi connectivity index (χ0n) is 13.6. The van der Waals surface area contributed by atoms with Crippen molar-refractivity contribution in [2.75, 3.05) is 5.32 Å². The molecular weight excluding hydrogens is 324 g/mol. The summed E-state index contributed by atoms with van der Waals surface area (Å²) in [5.74, 6) is 0.165. The molecule has 0 fully saturated rings. The number of primary sulfonamides is 1. The summed E-state index contributed by atoms with van der Waals surface area (Å²) in [6.45, 7) is 4.25. The van der Waals surface area contributed by atoms with Gasteiger partial charge in [0.15, 0.2) is 0 Å². The van der Waals surface area contributed by atoms with E-state index < -0.39 is 10.0 Å². The van der Waals surface area contributed by atoms with E-state index in [2.05, 4.69) is 19.2 Å². The monoisotopic (exact) mass is 344 g/mol. The van der Waals surface area contributed by atoms with Crippen LogP contribution < -0.4 is 10.5 Å². The quantitative estimate of drug-likeness (QED) is 0.817. The summed E-state index contributed by atoms with van der Waals surface area (Å²) >= 11 is 0. The molecule has 0 radical (unpaired) electrons. The van der Waals surface area contributed by atoms with Crippen molar-refractivity contribution < 1.29 is 13.2 Å². The molecule has 0 saturated heterocycles. The number of hydrogen-bond donors (Lipinski definition) is 2. The van der Waals surface area contributed by atoms with Crippen LogP contribution in [0.3, 0.4) is 0 Å². The molecule has 2 rings (SSSR count). The van der Waals surface area contributed by atoms with Gasteiger partial charge in [-0.3, -0.25) is 4.79 Å². The van der Waals surface area contributed by atoms with Crippen LogP contribution in [0.25, 0.3) is 6.08 Å². The van der Waals surface area contributed by atoms with Crippen molar-refractivity contribution in [1.82, 2.24) is 0 Å². The summed E-state index contributed by atoms with van der Waals surface area (Å²) in [4.78, 5) is 11.9. The van der Waals surface area contributed by atoms with E-state index in [4.69, 9.17) is 5.14 Å². The second kappa shape index (κ2) is 7.42. The van der Waals surface area contributed by atoms with Gasteiger partial charge in [-0.25, -0.2) is 13.6 Å². The Morgan fingerprint density at radius 2 is 1.62 bits per heavy atom. The molecule has 0 aliphatic rings. The van der Waals surface area contributed by atoms with Gasteiger partial charge in [0, 0.05) is 11.8 Å². The third-order valence-corrected chi connectivity index (χ3v) is 4.41. The second-order valence-electron chi connectivity index (χ2n) is 5.71. The van der Waals surface area contributed by atoms with Crippen molar-refractivity contribution in [1.29, 1.82) is 0 Å². The highest BCUT2D eigenvalue weighted by molar-refractivity contribution is 7.89. The van der Waals surface area contributed by atoms with Crippen molar-refractivity contribution in [2.24, 2.45) is 5.14 Å². The van der Waals surface area contributed by atoms with E-state index in [-0.39, 0.29) is 10.8 Å². The summed E-state index contributed by atoms with van der Waals surface area (Å²) < 4.78 is 22.3. The highest BCUT2D eigenvalue weighted by Gasteiger charge is 2.07. The average molecular weight is 344 g/mol. The number of carbonyl (C=O) groups is 1. The first kappa shape index (κ1) is 17.9. The first-order chi connectivity index (χ1) is 11.3. The number of amides is 1. The van der Waals surface area contributed by atoms with Gasteiger partial charge in [0.1, 0.15) is 0 Å². The van der Waals surface area contributed by atoms with Gasteiger partial charge in [0.25, 0.3) is 0 Å². The minimum atomic E-state index is -3.73. The molecule has 24 heavy (non-hydrogen) atoms. The van der Waals surface area contributed by atoms with E-state index in [1.165, 1.54) is 35.9 Å². The molecule has 0 aliphatic heterocycles. The Hall–Kier alpha value is -2.44. The maximum atomic E-state index is 11.9. The van der Waals surface area contributed by atoms with Gasteiger partial charge in [-0.15, -0.1) is 0 Å². The lowest BCUT2D eigenvalue weighted by Crippen LogP contribution is -2.12. The SMILES string of the molecule is CC(C)c1ccc(/C=C/C(=O)Nc2ccc(S(N)(=O)=O)cc2)cc1. The fourth-order valence-corrected chi connectivity index (χ4v) is 2.59. The first-order valence-corrected chi connectivity index (χ1v) is 9.02. The predicted octanol–water partition coefficient (Wildman–Crippen LogP) is 3.11. The second-order valence-corrected chi connectivity index (χ2v) is 7.27. The number of anilines is 1. The van der Waals surface area contributed by atoms with Gasteiger partial charge in [-0.2, -0.15) is 0 Å². The normalized spacial score (nSPS) is 11.8. The predicted molar refractivity (Wildman–Crippen MR) is 96.0 cm³/mol. The van der Waals surface area contributed by atoms with Crippen LogP contribution in [-0.4, -0.2) is 14.3 Å². The standard InChI is InChI=1S/C18H20N2O3S/c1-13(2)15-6-3-14(4-7-15)5-12-18(21)20-16-8-10-17(11-9-16)24(19,22)23/h3-13H,1-2H3,(H,20,21)(H2,19,22,23)/b12-5+. The number of sulfonamides is 1. The molecule has 6 heteroatoms. The zero-order chi connectivity index (χ0) is 17.7. The molecule has 0 heterocycles. The number of nitrogens with two attached hydrogens (primary N) is 1. The molecule has 0 atom stereocenters. The molecule has 126 valence electrons. The Morgan fingerprint density at radius 1 is 1.04 bits per heavy atom. The highest BCUT2D eigenvalue weighted by atomic mass is 32.2. The van der Waals surface area contributed by atoms with Crippen molar-refractivity contribution in [3.05, 3.63) is 65.7 Å². The molecule has 0 aliphatic carbocycles. The van der Waals surface area contributed by atoms with E-state index in [0.29, 0.717) is 11.6 Å². The molecule has 0 saturated carbocycles. The molecule has 5 nitrogen and oxygen atoms in total. The third-order valence-electron chi connectivity index (χ3n) is 3.48. The van der Waals surface area contributed by atoms with Crippen LogP contribution in [0.2, 0.25) is 0 Å². The maximum absolute atomic E-state index is 11.9. The maximum Gasteiger partial charge on any atom is 0.248 e. The lowest BCUT2D eigenvalue weighted by Gasteiger charge is -2.05. The zero-order valence-corrected chi connectivity index (χ0v) is 14.4. The Morgan fingerprint density at radius 3 is 2.12 bits per heavy atom. The highest BCUT2D eigenvalue weighted by Crippen LogP contribution is 2.16. The van der Waals surface area contributed by atoms with Crippen molar-refractivity contribution >= 4 is 27.7 Å². The topological polar surface area (TPSA) is 89.3 Å². The Bertz CT molecular complexity index is 837. The van der Waals surface area contributed by atoms with E-state index in [1.807, 2.05) is 24.3 Å². The van der Waals surface area contributed by atoms with Crippen molar-refractivity contribution in [2.45, 2.75) is 24.7 Å². The average Bonchev–Trinajstić information content (AvgIpc) is 2.53. The fourth-order valence-electron chi connectivity index (χ4n) is 2.08. The van der Waals surface area contributed by atoms with Crippen LogP contribution in [0.15, 0.2) is 59.5 Å². The number of rotatable bonds is 5. The van der Waals surface area contributed by atoms with Crippen molar-refractivity contribution in [3.8, 4) is 0 Å². The molecule has 1 amide bonds. The van der Waals surface area contributed by atoms with Crippen LogP contribution in [0.4, 0.5) is 5.69 Å². The minimum Gasteiger partial charge on any atom is -0.323 e. The summed E-state index contributed by atoms with van der Waals surface area (Å²) in [7, 11) is -3.73. The Labute approximate surface area is 142 Å². The Kier molecular flexibility index (Phi) is 5.54. The van der Waals surface area contributed by atoms with Gasteiger partial charge in [0.05, 0.1) is 4.90 Å². The largest absolute Gasteiger partial charge is 0.323 e. The lowest BCUT2D eigenvalue weighted by atomic mass is 10.0. The number of benzene rings is 2. The van der Waals surface area contributed by atoms with Crippen LogP contribution in [0.1, 0.15) is 30.9 Å². The van der Waals surface area contributed by atoms with Gasteiger partial charge >= 0.3 is 0 Å². The lowest BCUT2D eigenvalue weighted by molar-refractivity contribution is -0.111. The third kappa shape index (κ3) is 5.04. The molecule has 0 spiro atoms. The summed E-state index contributed by atoms with van der Waals surface area (Å²) in [5, 5.41) is 7.68. The molecule has 0 aromatic heterocycles. The first-order valence-electron chi connectivity index (χ1n) is 7.47. The molecule has 3 N–H and O–H groups in total. The van der Waals surface area contributed by atoms with E-state index >= 15 is 0 Å². The number of carbonyl (C=O) groups excluding carboxylic acids is 1. The van der Waals surface area contributed by atoms with E-state index in [9.17, 15) is 13.2 Å².